The largest absolute Gasteiger partial charge is 0.483 e. The number of nitrogens with one attached hydrogen (secondary N) is 2. The average Bonchev–Trinajstić information content (AvgIpc) is 3.46. The number of carbonyl (C=O) groups excluding carboxylic acids is 1. The Bertz CT molecular complexity index is 1410. The van der Waals surface area contributed by atoms with E-state index >= 15 is 0 Å². The summed E-state index contributed by atoms with van der Waals surface area (Å²) >= 11 is 0. The van der Waals surface area contributed by atoms with E-state index in [9.17, 15) is 9.18 Å². The van der Waals surface area contributed by atoms with E-state index in [1.165, 1.54) is 16.7 Å². The van der Waals surface area contributed by atoms with Gasteiger partial charge < -0.3 is 19.9 Å². The van der Waals surface area contributed by atoms with E-state index in [4.69, 9.17) is 4.74 Å². The van der Waals surface area contributed by atoms with Crippen LogP contribution in [-0.4, -0.2) is 85.1 Å². The van der Waals surface area contributed by atoms with Crippen LogP contribution in [0.5, 0.6) is 0 Å². The Labute approximate surface area is 241 Å². The SMILES string of the molecule is COC1=CC=C(CN2CCC(c3ccc4cc(C(=O)N5CCN(Cc6ccc(CF)cc6)CC5)[nH]c4c3)CC2)CN1. The molecule has 0 bridgehead atoms. The summed E-state index contributed by atoms with van der Waals surface area (Å²) in [6.07, 6.45) is 6.47. The molecule has 2 N–H and O–H groups in total. The highest BCUT2D eigenvalue weighted by Gasteiger charge is 2.25. The first-order valence-electron chi connectivity index (χ1n) is 14.8. The number of likely N-dealkylation sites (tertiary alicyclic amines) is 1. The summed E-state index contributed by atoms with van der Waals surface area (Å²) in [5, 5.41) is 4.39. The number of piperidine rings is 1. The molecule has 3 aromatic rings. The molecule has 2 aromatic carbocycles. The smallest absolute Gasteiger partial charge is 0.270 e. The van der Waals surface area contributed by atoms with Crippen LogP contribution in [0.25, 0.3) is 10.9 Å². The minimum absolute atomic E-state index is 0.0713. The van der Waals surface area contributed by atoms with Crippen LogP contribution >= 0.6 is 0 Å². The van der Waals surface area contributed by atoms with Crippen LogP contribution in [0.2, 0.25) is 0 Å². The van der Waals surface area contributed by atoms with Gasteiger partial charge in [0.2, 0.25) is 0 Å². The monoisotopic (exact) mass is 557 g/mol. The highest BCUT2D eigenvalue weighted by molar-refractivity contribution is 5.98. The van der Waals surface area contributed by atoms with Crippen molar-refractivity contribution in [3.63, 3.8) is 0 Å². The molecule has 7 nitrogen and oxygen atoms in total. The number of amides is 1. The molecule has 1 amide bonds. The number of nitrogens with zero attached hydrogens (tertiary/aromatic N) is 3. The van der Waals surface area contributed by atoms with E-state index in [0.717, 1.165) is 75.4 Å². The first kappa shape index (κ1) is 27.5. The van der Waals surface area contributed by atoms with Crippen molar-refractivity contribution < 1.29 is 13.9 Å². The Hall–Kier alpha value is -3.62. The summed E-state index contributed by atoms with van der Waals surface area (Å²) < 4.78 is 18.0. The Morgan fingerprint density at radius 3 is 2.32 bits per heavy atom. The van der Waals surface area contributed by atoms with Crippen LogP contribution in [0.15, 0.2) is 72.1 Å². The number of ether oxygens (including phenoxy) is 1. The van der Waals surface area contributed by atoms with Gasteiger partial charge in [0.25, 0.3) is 5.91 Å². The molecule has 0 saturated carbocycles. The van der Waals surface area contributed by atoms with E-state index < -0.39 is 6.67 Å². The standard InChI is InChI=1S/C33H40FN5O2/c1-41-32-9-6-26(21-35-32)23-37-12-10-27(11-13-37)28-7-8-29-19-31(36-30(29)18-28)33(40)39-16-14-38(15-17-39)22-25-4-2-24(20-34)3-5-25/h2-9,18-19,27,35-36H,10-17,20-23H2,1H3. The number of aromatic nitrogens is 1. The van der Waals surface area contributed by atoms with Gasteiger partial charge in [0.1, 0.15) is 12.4 Å². The van der Waals surface area contributed by atoms with Crippen molar-refractivity contribution in [1.82, 2.24) is 25.0 Å². The molecule has 6 rings (SSSR count). The fourth-order valence-corrected chi connectivity index (χ4v) is 6.26. The lowest BCUT2D eigenvalue weighted by molar-refractivity contribution is 0.0623. The average molecular weight is 558 g/mol. The van der Waals surface area contributed by atoms with Gasteiger partial charge >= 0.3 is 0 Å². The summed E-state index contributed by atoms with van der Waals surface area (Å²) in [5.74, 6) is 1.44. The van der Waals surface area contributed by atoms with Crippen molar-refractivity contribution in [1.29, 1.82) is 0 Å². The highest BCUT2D eigenvalue weighted by atomic mass is 19.1. The number of dihydropyridines is 1. The van der Waals surface area contributed by atoms with E-state index in [-0.39, 0.29) is 5.91 Å². The van der Waals surface area contributed by atoms with E-state index in [1.54, 1.807) is 7.11 Å². The normalized spacial score (nSPS) is 19.1. The van der Waals surface area contributed by atoms with E-state index in [0.29, 0.717) is 30.3 Å². The molecule has 0 unspecified atom stereocenters. The summed E-state index contributed by atoms with van der Waals surface area (Å²) in [6.45, 7) is 7.49. The van der Waals surface area contributed by atoms with Gasteiger partial charge in [-0.2, -0.15) is 0 Å². The zero-order valence-corrected chi connectivity index (χ0v) is 23.9. The lowest BCUT2D eigenvalue weighted by atomic mass is 9.89. The summed E-state index contributed by atoms with van der Waals surface area (Å²) in [4.78, 5) is 23.6. The first-order chi connectivity index (χ1) is 20.1. The Morgan fingerprint density at radius 2 is 1.63 bits per heavy atom. The van der Waals surface area contributed by atoms with Crippen LogP contribution in [-0.2, 0) is 18.0 Å². The van der Waals surface area contributed by atoms with Crippen LogP contribution in [0.3, 0.4) is 0 Å². The third-order valence-corrected chi connectivity index (χ3v) is 8.79. The molecule has 0 atom stereocenters. The number of H-pyrrole nitrogens is 1. The molecular weight excluding hydrogens is 517 g/mol. The number of alkyl halides is 1. The molecule has 2 fully saturated rings. The first-order valence-corrected chi connectivity index (χ1v) is 14.8. The molecule has 4 heterocycles. The second-order valence-electron chi connectivity index (χ2n) is 11.5. The van der Waals surface area contributed by atoms with Crippen molar-refractivity contribution in [2.75, 3.05) is 59.5 Å². The summed E-state index contributed by atoms with van der Waals surface area (Å²) in [7, 11) is 1.69. The maximum atomic E-state index is 13.3. The Morgan fingerprint density at radius 1 is 0.902 bits per heavy atom. The number of methoxy groups -OCH3 is 1. The number of halogens is 1. The van der Waals surface area contributed by atoms with Gasteiger partial charge in [-0.15, -0.1) is 0 Å². The maximum absolute atomic E-state index is 13.3. The second-order valence-corrected chi connectivity index (χ2v) is 11.5. The van der Waals surface area contributed by atoms with Crippen LogP contribution in [0, 0.1) is 0 Å². The third kappa shape index (κ3) is 6.49. The molecule has 3 aliphatic heterocycles. The predicted octanol–water partition coefficient (Wildman–Crippen LogP) is 4.79. The zero-order valence-electron chi connectivity index (χ0n) is 23.9. The second kappa shape index (κ2) is 12.5. The van der Waals surface area contributed by atoms with E-state index in [2.05, 4.69) is 44.4 Å². The van der Waals surface area contributed by atoms with Gasteiger partial charge in [0.05, 0.1) is 7.11 Å². The Kier molecular flexibility index (Phi) is 8.39. The minimum Gasteiger partial charge on any atom is -0.483 e. The number of fused-ring (bicyclic) bond motifs is 1. The van der Waals surface area contributed by atoms with Gasteiger partial charge in [0.15, 0.2) is 5.88 Å². The number of allylic oxidation sites excluding steroid dienone is 2. The van der Waals surface area contributed by atoms with E-state index in [1.807, 2.05) is 41.3 Å². The number of hydrogen-bond acceptors (Lipinski definition) is 5. The van der Waals surface area contributed by atoms with Gasteiger partial charge in [-0.1, -0.05) is 42.5 Å². The molecule has 0 aliphatic carbocycles. The summed E-state index contributed by atoms with van der Waals surface area (Å²) in [5.41, 5.74) is 6.35. The van der Waals surface area contributed by atoms with Crippen LogP contribution < -0.4 is 5.32 Å². The number of benzene rings is 2. The zero-order chi connectivity index (χ0) is 28.2. The fourth-order valence-electron chi connectivity index (χ4n) is 6.26. The molecular formula is C33H40FN5O2. The lowest BCUT2D eigenvalue weighted by Crippen LogP contribution is -2.48. The van der Waals surface area contributed by atoms with Gasteiger partial charge in [-0.25, -0.2) is 4.39 Å². The Balaban J connectivity index is 1.01. The van der Waals surface area contributed by atoms with Gasteiger partial charge in [-0.05, 0) is 72.3 Å². The maximum Gasteiger partial charge on any atom is 0.270 e. The predicted molar refractivity (Wildman–Crippen MR) is 160 cm³/mol. The topological polar surface area (TPSA) is 63.8 Å². The van der Waals surface area contributed by atoms with Crippen LogP contribution in [0.1, 0.15) is 45.9 Å². The number of aromatic amines is 1. The van der Waals surface area contributed by atoms with Crippen LogP contribution in [0.4, 0.5) is 4.39 Å². The molecule has 2 saturated heterocycles. The molecule has 41 heavy (non-hydrogen) atoms. The molecule has 0 spiro atoms. The third-order valence-electron chi connectivity index (χ3n) is 8.79. The molecule has 3 aliphatic rings. The van der Waals surface area contributed by atoms with Crippen molar-refractivity contribution in [3.8, 4) is 0 Å². The molecule has 8 heteroatoms. The number of rotatable bonds is 8. The van der Waals surface area contributed by atoms with Crippen molar-refractivity contribution in [2.24, 2.45) is 0 Å². The number of piperazine rings is 1. The van der Waals surface area contributed by atoms with Crippen molar-refractivity contribution in [2.45, 2.75) is 32.0 Å². The molecule has 216 valence electrons. The summed E-state index contributed by atoms with van der Waals surface area (Å²) in [6, 6.07) is 16.4. The van der Waals surface area contributed by atoms with Gasteiger partial charge in [0, 0.05) is 56.7 Å². The fraction of sp³-hybridized carbons (Fsp3) is 0.424. The van der Waals surface area contributed by atoms with Crippen molar-refractivity contribution in [3.05, 3.63) is 94.5 Å². The highest BCUT2D eigenvalue weighted by Crippen LogP contribution is 2.31. The van der Waals surface area contributed by atoms with Crippen molar-refractivity contribution >= 4 is 16.8 Å². The number of carbonyl (C=O) groups is 1. The molecule has 1 aromatic heterocycles. The lowest BCUT2D eigenvalue weighted by Gasteiger charge is -2.34. The minimum atomic E-state index is -0.429. The molecule has 0 radical (unpaired) electrons. The quantitative estimate of drug-likeness (QED) is 0.417. The van der Waals surface area contributed by atoms with Gasteiger partial charge in [-0.3, -0.25) is 14.6 Å². The number of hydrogen-bond donors (Lipinski definition) is 2.